The molecule has 4 aromatic rings. The number of fused-ring (bicyclic) bond motifs is 1. The van der Waals surface area contributed by atoms with Crippen molar-refractivity contribution in [3.63, 3.8) is 0 Å². The van der Waals surface area contributed by atoms with Gasteiger partial charge in [0.2, 0.25) is 5.91 Å². The molecule has 0 aliphatic heterocycles. The topological polar surface area (TPSA) is 68.9 Å². The fraction of sp³-hybridized carbons (Fsp3) is 0.0870. The molecule has 0 unspecified atom stereocenters. The van der Waals surface area contributed by atoms with E-state index in [-0.39, 0.29) is 0 Å². The molecular formula is C23H18ClN3O. The minimum Gasteiger partial charge on any atom is -0.366 e. The summed E-state index contributed by atoms with van der Waals surface area (Å²) in [4.78, 5) is 11.6. The molecule has 1 aromatic heterocycles. The lowest BCUT2D eigenvalue weighted by Gasteiger charge is -2.11. The highest BCUT2D eigenvalue weighted by Gasteiger charge is 2.12. The molecule has 2 N–H and O–H groups in total. The van der Waals surface area contributed by atoms with E-state index in [1.54, 1.807) is 12.3 Å². The van der Waals surface area contributed by atoms with Gasteiger partial charge in [-0.3, -0.25) is 4.79 Å². The third-order valence-corrected chi connectivity index (χ3v) is 5.19. The highest BCUT2D eigenvalue weighted by Crippen LogP contribution is 2.34. The summed E-state index contributed by atoms with van der Waals surface area (Å²) in [6.07, 6.45) is 1.73. The van der Waals surface area contributed by atoms with Crippen molar-refractivity contribution in [1.82, 2.24) is 10.2 Å². The fourth-order valence-electron chi connectivity index (χ4n) is 3.35. The van der Waals surface area contributed by atoms with Crippen LogP contribution in [0.5, 0.6) is 0 Å². The van der Waals surface area contributed by atoms with Crippen molar-refractivity contribution >= 4 is 28.3 Å². The summed E-state index contributed by atoms with van der Waals surface area (Å²) in [6, 6.07) is 17.4. The zero-order chi connectivity index (χ0) is 19.8. The standard InChI is InChI=1S/C23H18ClN3O/c1-13-3-7-19(21(24)9-13)22-18-8-6-15(10-17(18)12-26-27-22)20-11-16(23(25)28)5-4-14(20)2/h3-12H,1-2H3,(H2,25,28). The second kappa shape index (κ2) is 7.06. The van der Waals surface area contributed by atoms with Gasteiger partial charge < -0.3 is 5.73 Å². The smallest absolute Gasteiger partial charge is 0.248 e. The van der Waals surface area contributed by atoms with Crippen LogP contribution >= 0.6 is 11.6 Å². The SMILES string of the molecule is Cc1ccc(-c2nncc3cc(-c4cc(C(N)=O)ccc4C)ccc23)c(Cl)c1. The summed E-state index contributed by atoms with van der Waals surface area (Å²) in [5.74, 6) is -0.441. The Labute approximate surface area is 168 Å². The molecule has 0 bridgehead atoms. The molecule has 0 saturated heterocycles. The Balaban J connectivity index is 1.88. The van der Waals surface area contributed by atoms with Crippen molar-refractivity contribution in [3.8, 4) is 22.4 Å². The lowest BCUT2D eigenvalue weighted by atomic mass is 9.95. The van der Waals surface area contributed by atoms with E-state index in [2.05, 4.69) is 10.2 Å². The number of nitrogens with two attached hydrogens (primary N) is 1. The predicted molar refractivity (Wildman–Crippen MR) is 113 cm³/mol. The van der Waals surface area contributed by atoms with Gasteiger partial charge in [-0.1, -0.05) is 41.9 Å². The van der Waals surface area contributed by atoms with Crippen LogP contribution in [-0.2, 0) is 0 Å². The maximum atomic E-state index is 11.6. The number of nitrogens with zero attached hydrogens (tertiary/aromatic N) is 2. The van der Waals surface area contributed by atoms with E-state index in [0.29, 0.717) is 10.6 Å². The van der Waals surface area contributed by atoms with E-state index in [0.717, 1.165) is 44.3 Å². The Morgan fingerprint density at radius 2 is 1.79 bits per heavy atom. The first-order chi connectivity index (χ1) is 13.4. The van der Waals surface area contributed by atoms with Gasteiger partial charge in [0.1, 0.15) is 5.69 Å². The largest absolute Gasteiger partial charge is 0.366 e. The maximum Gasteiger partial charge on any atom is 0.248 e. The zero-order valence-electron chi connectivity index (χ0n) is 15.5. The first-order valence-corrected chi connectivity index (χ1v) is 9.24. The van der Waals surface area contributed by atoms with Crippen molar-refractivity contribution in [2.24, 2.45) is 5.73 Å². The van der Waals surface area contributed by atoms with E-state index in [9.17, 15) is 4.79 Å². The molecule has 0 spiro atoms. The molecule has 0 atom stereocenters. The highest BCUT2D eigenvalue weighted by atomic mass is 35.5. The molecule has 4 nitrogen and oxygen atoms in total. The molecule has 1 heterocycles. The second-order valence-corrected chi connectivity index (χ2v) is 7.28. The average Bonchev–Trinajstić information content (AvgIpc) is 2.67. The monoisotopic (exact) mass is 387 g/mol. The number of hydrogen-bond acceptors (Lipinski definition) is 3. The van der Waals surface area contributed by atoms with Crippen LogP contribution in [0.15, 0.2) is 60.8 Å². The van der Waals surface area contributed by atoms with Gasteiger partial charge in [-0.25, -0.2) is 0 Å². The lowest BCUT2D eigenvalue weighted by Crippen LogP contribution is -2.10. The van der Waals surface area contributed by atoms with E-state index >= 15 is 0 Å². The van der Waals surface area contributed by atoms with Gasteiger partial charge in [0, 0.05) is 21.9 Å². The van der Waals surface area contributed by atoms with Crippen LogP contribution in [0.1, 0.15) is 21.5 Å². The molecule has 28 heavy (non-hydrogen) atoms. The number of primary amides is 1. The Morgan fingerprint density at radius 1 is 0.964 bits per heavy atom. The third kappa shape index (κ3) is 3.23. The predicted octanol–water partition coefficient (Wildman–Crippen LogP) is 5.33. The lowest BCUT2D eigenvalue weighted by molar-refractivity contribution is 0.100. The van der Waals surface area contributed by atoms with E-state index in [1.165, 1.54) is 0 Å². The van der Waals surface area contributed by atoms with Crippen LogP contribution < -0.4 is 5.73 Å². The average molecular weight is 388 g/mol. The van der Waals surface area contributed by atoms with Crippen molar-refractivity contribution in [3.05, 3.63) is 82.5 Å². The summed E-state index contributed by atoms with van der Waals surface area (Å²) < 4.78 is 0. The molecular weight excluding hydrogens is 370 g/mol. The van der Waals surface area contributed by atoms with Crippen LogP contribution in [0.25, 0.3) is 33.2 Å². The molecule has 4 rings (SSSR count). The summed E-state index contributed by atoms with van der Waals surface area (Å²) in [6.45, 7) is 4.01. The number of aromatic nitrogens is 2. The van der Waals surface area contributed by atoms with Crippen molar-refractivity contribution in [2.75, 3.05) is 0 Å². The number of hydrogen-bond donors (Lipinski definition) is 1. The van der Waals surface area contributed by atoms with E-state index in [4.69, 9.17) is 17.3 Å². The van der Waals surface area contributed by atoms with Crippen LogP contribution in [0.3, 0.4) is 0 Å². The van der Waals surface area contributed by atoms with E-state index in [1.807, 2.05) is 62.4 Å². The molecule has 0 saturated carbocycles. The van der Waals surface area contributed by atoms with Gasteiger partial charge in [0.25, 0.3) is 0 Å². The van der Waals surface area contributed by atoms with Gasteiger partial charge >= 0.3 is 0 Å². The number of rotatable bonds is 3. The number of carbonyl (C=O) groups excluding carboxylic acids is 1. The molecule has 0 radical (unpaired) electrons. The molecule has 3 aromatic carbocycles. The van der Waals surface area contributed by atoms with Gasteiger partial charge in [-0.2, -0.15) is 5.10 Å². The zero-order valence-corrected chi connectivity index (χ0v) is 16.3. The maximum absolute atomic E-state index is 11.6. The minimum atomic E-state index is -0.441. The van der Waals surface area contributed by atoms with Crippen molar-refractivity contribution in [1.29, 1.82) is 0 Å². The molecule has 138 valence electrons. The summed E-state index contributed by atoms with van der Waals surface area (Å²) in [7, 11) is 0. The van der Waals surface area contributed by atoms with Crippen LogP contribution in [0.4, 0.5) is 0 Å². The van der Waals surface area contributed by atoms with Gasteiger partial charge in [-0.05, 0) is 60.4 Å². The number of halogens is 1. The number of carbonyl (C=O) groups is 1. The van der Waals surface area contributed by atoms with Gasteiger partial charge in [0.05, 0.1) is 11.2 Å². The molecule has 0 aliphatic rings. The Hall–Kier alpha value is -3.24. The first-order valence-electron chi connectivity index (χ1n) is 8.87. The third-order valence-electron chi connectivity index (χ3n) is 4.87. The minimum absolute atomic E-state index is 0.441. The molecule has 5 heteroatoms. The summed E-state index contributed by atoms with van der Waals surface area (Å²) >= 11 is 6.45. The quantitative estimate of drug-likeness (QED) is 0.516. The Bertz CT molecular complexity index is 1230. The molecule has 1 amide bonds. The number of benzene rings is 3. The van der Waals surface area contributed by atoms with Crippen molar-refractivity contribution in [2.45, 2.75) is 13.8 Å². The first kappa shape index (κ1) is 18.1. The van der Waals surface area contributed by atoms with E-state index < -0.39 is 5.91 Å². The van der Waals surface area contributed by atoms with Crippen LogP contribution in [0.2, 0.25) is 5.02 Å². The number of amides is 1. The Kier molecular flexibility index (Phi) is 4.57. The summed E-state index contributed by atoms with van der Waals surface area (Å²) in [5, 5.41) is 11.1. The number of aryl methyl sites for hydroxylation is 2. The summed E-state index contributed by atoms with van der Waals surface area (Å²) in [5.41, 5.74) is 11.6. The Morgan fingerprint density at radius 3 is 2.54 bits per heavy atom. The molecule has 0 aliphatic carbocycles. The second-order valence-electron chi connectivity index (χ2n) is 6.87. The normalized spacial score (nSPS) is 11.0. The highest BCUT2D eigenvalue weighted by molar-refractivity contribution is 6.33. The van der Waals surface area contributed by atoms with Gasteiger partial charge in [0.15, 0.2) is 0 Å². The van der Waals surface area contributed by atoms with Gasteiger partial charge in [-0.15, -0.1) is 5.10 Å². The van der Waals surface area contributed by atoms with Crippen molar-refractivity contribution < 1.29 is 4.79 Å². The van der Waals surface area contributed by atoms with Crippen LogP contribution in [0, 0.1) is 13.8 Å². The fourth-order valence-corrected chi connectivity index (χ4v) is 3.68. The molecule has 0 fully saturated rings. The van der Waals surface area contributed by atoms with Crippen LogP contribution in [-0.4, -0.2) is 16.1 Å².